The van der Waals surface area contributed by atoms with Gasteiger partial charge in [-0.2, -0.15) is 0 Å². The Bertz CT molecular complexity index is 436. The van der Waals surface area contributed by atoms with Crippen LogP contribution in [-0.2, 0) is 5.41 Å². The van der Waals surface area contributed by atoms with Gasteiger partial charge in [0.05, 0.1) is 0 Å². The zero-order valence-electron chi connectivity index (χ0n) is 12.3. The molecule has 1 aliphatic carbocycles. The number of ether oxygens (including phenoxy) is 1. The summed E-state index contributed by atoms with van der Waals surface area (Å²) < 4.78 is 40.6. The van der Waals surface area contributed by atoms with Gasteiger partial charge in [-0.1, -0.05) is 31.4 Å². The highest BCUT2D eigenvalue weighted by Gasteiger charge is 2.34. The summed E-state index contributed by atoms with van der Waals surface area (Å²) in [6.45, 7) is 0.917. The molecule has 0 aliphatic heterocycles. The van der Waals surface area contributed by atoms with Gasteiger partial charge in [0.1, 0.15) is 5.75 Å². The minimum Gasteiger partial charge on any atom is -0.406 e. The Hall–Kier alpha value is -1.23. The van der Waals surface area contributed by atoms with Crippen molar-refractivity contribution in [3.8, 4) is 5.75 Å². The van der Waals surface area contributed by atoms with E-state index < -0.39 is 6.36 Å². The number of benzene rings is 1. The van der Waals surface area contributed by atoms with Crippen molar-refractivity contribution in [2.24, 2.45) is 0 Å². The number of hydrogen-bond donors (Lipinski definition) is 1. The largest absolute Gasteiger partial charge is 0.573 e. The van der Waals surface area contributed by atoms with E-state index in [4.69, 9.17) is 0 Å². The van der Waals surface area contributed by atoms with E-state index in [1.54, 1.807) is 12.1 Å². The first kappa shape index (κ1) is 16.1. The third-order valence-corrected chi connectivity index (χ3v) is 4.36. The van der Waals surface area contributed by atoms with E-state index in [0.717, 1.165) is 31.4 Å². The Labute approximate surface area is 123 Å². The first-order valence-corrected chi connectivity index (χ1v) is 7.46. The molecule has 0 atom stereocenters. The summed E-state index contributed by atoms with van der Waals surface area (Å²) in [5, 5.41) is 3.18. The number of alkyl halides is 3. The van der Waals surface area contributed by atoms with Crippen molar-refractivity contribution < 1.29 is 17.9 Å². The number of rotatable bonds is 5. The maximum absolute atomic E-state index is 12.2. The monoisotopic (exact) mass is 301 g/mol. The van der Waals surface area contributed by atoms with Crippen LogP contribution in [0, 0.1) is 0 Å². The quantitative estimate of drug-likeness (QED) is 0.870. The summed E-state index contributed by atoms with van der Waals surface area (Å²) in [5.41, 5.74) is 1.23. The van der Waals surface area contributed by atoms with Crippen molar-refractivity contribution in [2.75, 3.05) is 13.6 Å². The molecule has 2 nitrogen and oxygen atoms in total. The Balaban J connectivity index is 2.16. The van der Waals surface area contributed by atoms with Gasteiger partial charge in [0.2, 0.25) is 0 Å². The fourth-order valence-corrected chi connectivity index (χ4v) is 3.29. The van der Waals surface area contributed by atoms with E-state index >= 15 is 0 Å². The molecule has 0 amide bonds. The van der Waals surface area contributed by atoms with E-state index in [0.29, 0.717) is 0 Å². The highest BCUT2D eigenvalue weighted by Crippen LogP contribution is 2.42. The van der Waals surface area contributed by atoms with Gasteiger partial charge < -0.3 is 10.1 Å². The topological polar surface area (TPSA) is 21.3 Å². The lowest BCUT2D eigenvalue weighted by atomic mass is 9.67. The SMILES string of the molecule is CNCCC1(c2ccc(OC(F)(F)F)cc2)CCCCC1. The maximum atomic E-state index is 12.2. The highest BCUT2D eigenvalue weighted by atomic mass is 19.4. The first-order chi connectivity index (χ1) is 9.95. The number of nitrogens with one attached hydrogen (secondary N) is 1. The molecule has 0 radical (unpaired) electrons. The summed E-state index contributed by atoms with van der Waals surface area (Å²) in [5.74, 6) is -0.147. The van der Waals surface area contributed by atoms with Gasteiger partial charge in [-0.3, -0.25) is 0 Å². The van der Waals surface area contributed by atoms with Crippen molar-refractivity contribution in [3.05, 3.63) is 29.8 Å². The Morgan fingerprint density at radius 2 is 1.71 bits per heavy atom. The smallest absolute Gasteiger partial charge is 0.406 e. The molecule has 118 valence electrons. The van der Waals surface area contributed by atoms with Crippen LogP contribution in [0.3, 0.4) is 0 Å². The van der Waals surface area contributed by atoms with Crippen LogP contribution < -0.4 is 10.1 Å². The van der Waals surface area contributed by atoms with Gasteiger partial charge in [-0.15, -0.1) is 13.2 Å². The standard InChI is InChI=1S/C16H22F3NO/c1-20-12-11-15(9-3-2-4-10-15)13-5-7-14(8-6-13)21-16(17,18)19/h5-8,20H,2-4,9-12H2,1H3. The van der Waals surface area contributed by atoms with Crippen molar-refractivity contribution in [1.82, 2.24) is 5.32 Å². The minimum atomic E-state index is -4.63. The molecule has 1 saturated carbocycles. The second kappa shape index (κ2) is 6.69. The first-order valence-electron chi connectivity index (χ1n) is 7.46. The van der Waals surface area contributed by atoms with Crippen LogP contribution in [0.25, 0.3) is 0 Å². The lowest BCUT2D eigenvalue weighted by molar-refractivity contribution is -0.274. The minimum absolute atomic E-state index is 0.0953. The molecule has 0 aromatic heterocycles. The molecule has 1 N–H and O–H groups in total. The fourth-order valence-electron chi connectivity index (χ4n) is 3.29. The normalized spacial score (nSPS) is 18.5. The molecule has 0 unspecified atom stereocenters. The molecule has 1 aliphatic rings. The van der Waals surface area contributed by atoms with Gasteiger partial charge in [-0.05, 0) is 56.0 Å². The molecule has 1 aromatic carbocycles. The zero-order valence-corrected chi connectivity index (χ0v) is 12.3. The Morgan fingerprint density at radius 3 is 2.24 bits per heavy atom. The predicted molar refractivity (Wildman–Crippen MR) is 76.4 cm³/mol. The molecule has 21 heavy (non-hydrogen) atoms. The molecule has 0 spiro atoms. The highest BCUT2D eigenvalue weighted by molar-refractivity contribution is 5.33. The molecule has 1 aromatic rings. The van der Waals surface area contributed by atoms with E-state index in [2.05, 4.69) is 10.1 Å². The average Bonchev–Trinajstić information content (AvgIpc) is 2.45. The molecule has 0 saturated heterocycles. The summed E-state index contributed by atoms with van der Waals surface area (Å²) in [6.07, 6.45) is 2.22. The van der Waals surface area contributed by atoms with E-state index in [-0.39, 0.29) is 11.2 Å². The number of hydrogen-bond acceptors (Lipinski definition) is 2. The summed E-state index contributed by atoms with van der Waals surface area (Å²) in [4.78, 5) is 0. The van der Waals surface area contributed by atoms with Crippen LogP contribution in [0.2, 0.25) is 0 Å². The van der Waals surface area contributed by atoms with Crippen LogP contribution >= 0.6 is 0 Å². The summed E-state index contributed by atoms with van der Waals surface area (Å²) >= 11 is 0. The predicted octanol–water partition coefficient (Wildman–Crippen LogP) is 4.40. The second-order valence-corrected chi connectivity index (χ2v) is 5.77. The molecule has 2 rings (SSSR count). The van der Waals surface area contributed by atoms with Gasteiger partial charge in [-0.25, -0.2) is 0 Å². The molecule has 1 fully saturated rings. The van der Waals surface area contributed by atoms with Crippen LogP contribution in [0.15, 0.2) is 24.3 Å². The fraction of sp³-hybridized carbons (Fsp3) is 0.625. The molecule has 0 heterocycles. The zero-order chi connectivity index (χ0) is 15.3. The third-order valence-electron chi connectivity index (χ3n) is 4.36. The Morgan fingerprint density at radius 1 is 1.10 bits per heavy atom. The van der Waals surface area contributed by atoms with Gasteiger partial charge >= 0.3 is 6.36 Å². The van der Waals surface area contributed by atoms with Gasteiger partial charge in [0.25, 0.3) is 0 Å². The Kier molecular flexibility index (Phi) is 5.14. The van der Waals surface area contributed by atoms with Gasteiger partial charge in [0, 0.05) is 0 Å². The van der Waals surface area contributed by atoms with Crippen LogP contribution in [0.1, 0.15) is 44.1 Å². The summed E-state index contributed by atoms with van der Waals surface area (Å²) in [6, 6.07) is 6.45. The van der Waals surface area contributed by atoms with Crippen LogP contribution in [0.4, 0.5) is 13.2 Å². The van der Waals surface area contributed by atoms with Crippen LogP contribution in [0.5, 0.6) is 5.75 Å². The van der Waals surface area contributed by atoms with Crippen molar-refractivity contribution in [1.29, 1.82) is 0 Å². The van der Waals surface area contributed by atoms with Crippen molar-refractivity contribution in [2.45, 2.75) is 50.3 Å². The molecular formula is C16H22F3NO. The molecular weight excluding hydrogens is 279 g/mol. The van der Waals surface area contributed by atoms with E-state index in [1.807, 2.05) is 7.05 Å². The van der Waals surface area contributed by atoms with Gasteiger partial charge in [0.15, 0.2) is 0 Å². The maximum Gasteiger partial charge on any atom is 0.573 e. The van der Waals surface area contributed by atoms with Crippen molar-refractivity contribution >= 4 is 0 Å². The lowest BCUT2D eigenvalue weighted by Crippen LogP contribution is -2.32. The molecule has 5 heteroatoms. The summed E-state index contributed by atoms with van der Waals surface area (Å²) in [7, 11) is 1.93. The average molecular weight is 301 g/mol. The lowest BCUT2D eigenvalue weighted by Gasteiger charge is -2.38. The second-order valence-electron chi connectivity index (χ2n) is 5.77. The van der Waals surface area contributed by atoms with Crippen molar-refractivity contribution in [3.63, 3.8) is 0 Å². The molecule has 0 bridgehead atoms. The van der Waals surface area contributed by atoms with Crippen LogP contribution in [-0.4, -0.2) is 20.0 Å². The van der Waals surface area contributed by atoms with E-state index in [1.165, 1.54) is 31.4 Å². The third kappa shape index (κ3) is 4.37. The number of halogens is 3. The van der Waals surface area contributed by atoms with E-state index in [9.17, 15) is 13.2 Å².